The van der Waals surface area contributed by atoms with Crippen LogP contribution in [-0.2, 0) is 4.74 Å². The molecule has 0 aliphatic carbocycles. The summed E-state index contributed by atoms with van der Waals surface area (Å²) in [6, 6.07) is 15.5. The maximum atomic E-state index is 12.4. The summed E-state index contributed by atoms with van der Waals surface area (Å²) in [4.78, 5) is 26.6. The van der Waals surface area contributed by atoms with Gasteiger partial charge in [0.25, 0.3) is 0 Å². The van der Waals surface area contributed by atoms with Gasteiger partial charge in [0.2, 0.25) is 0 Å². The van der Waals surface area contributed by atoms with Crippen molar-refractivity contribution in [3.63, 3.8) is 0 Å². The Bertz CT molecular complexity index is 779. The minimum Gasteiger partial charge on any atom is -0.461 e. The molecule has 0 aromatic heterocycles. The third kappa shape index (κ3) is 6.37. The first kappa shape index (κ1) is 20.4. The lowest BCUT2D eigenvalue weighted by Gasteiger charge is -2.19. The highest BCUT2D eigenvalue weighted by Crippen LogP contribution is 2.12. The van der Waals surface area contributed by atoms with Crippen molar-refractivity contribution >= 4 is 11.8 Å². The van der Waals surface area contributed by atoms with Crippen LogP contribution in [0.3, 0.4) is 0 Å². The van der Waals surface area contributed by atoms with Gasteiger partial charge in [-0.2, -0.15) is 0 Å². The maximum absolute atomic E-state index is 12.4. The van der Waals surface area contributed by atoms with E-state index in [0.29, 0.717) is 29.8 Å². The molecule has 0 amide bonds. The summed E-state index contributed by atoms with van der Waals surface area (Å²) < 4.78 is 5.32. The number of ether oxygens (including phenoxy) is 1. The van der Waals surface area contributed by atoms with Crippen LogP contribution in [0.2, 0.25) is 0 Å². The number of benzene rings is 2. The van der Waals surface area contributed by atoms with Gasteiger partial charge in [-0.25, -0.2) is 4.79 Å². The Labute approximate surface area is 160 Å². The van der Waals surface area contributed by atoms with E-state index in [1.165, 1.54) is 0 Å². The van der Waals surface area contributed by atoms with Crippen LogP contribution in [0.4, 0.5) is 0 Å². The van der Waals surface area contributed by atoms with Gasteiger partial charge in [-0.1, -0.05) is 48.4 Å². The average molecular weight is 364 g/mol. The van der Waals surface area contributed by atoms with E-state index < -0.39 is 5.97 Å². The molecule has 0 fully saturated rings. The van der Waals surface area contributed by atoms with Crippen molar-refractivity contribution in [1.82, 2.24) is 10.2 Å². The fourth-order valence-corrected chi connectivity index (χ4v) is 2.53. The minimum atomic E-state index is -0.414. The number of nitrogens with zero attached hydrogens (tertiary/aromatic N) is 1. The predicted octanol–water partition coefficient (Wildman–Crippen LogP) is 2.23. The van der Waals surface area contributed by atoms with Gasteiger partial charge in [0.15, 0.2) is 5.78 Å². The molecule has 0 radical (unpaired) electrons. The summed E-state index contributed by atoms with van der Waals surface area (Å²) >= 11 is 0. The van der Waals surface area contributed by atoms with Crippen LogP contribution in [0.5, 0.6) is 0 Å². The third-order valence-corrected chi connectivity index (χ3v) is 4.05. The normalized spacial score (nSPS) is 10.4. The quantitative estimate of drug-likeness (QED) is 0.398. The van der Waals surface area contributed by atoms with Crippen LogP contribution >= 0.6 is 0 Å². The number of rotatable bonds is 10. The lowest BCUT2D eigenvalue weighted by molar-refractivity contribution is 0.0468. The molecule has 2 rings (SSSR count). The van der Waals surface area contributed by atoms with Crippen LogP contribution < -0.4 is 5.32 Å². The lowest BCUT2D eigenvalue weighted by Crippen LogP contribution is -2.34. The summed E-state index contributed by atoms with van der Waals surface area (Å²) in [5.74, 6) is 2.11. The number of hydrogen-bond donors (Lipinski definition) is 1. The summed E-state index contributed by atoms with van der Waals surface area (Å²) in [5.41, 5.74) is 1.56. The molecule has 1 N–H and O–H groups in total. The number of ketones is 1. The fourth-order valence-electron chi connectivity index (χ4n) is 2.53. The molecule has 0 atom stereocenters. The first-order chi connectivity index (χ1) is 13.2. The van der Waals surface area contributed by atoms with E-state index >= 15 is 0 Å². The summed E-state index contributed by atoms with van der Waals surface area (Å²) in [6.07, 6.45) is 5.36. The topological polar surface area (TPSA) is 58.6 Å². The second-order valence-corrected chi connectivity index (χ2v) is 5.99. The molecule has 2 aromatic carbocycles. The smallest absolute Gasteiger partial charge is 0.338 e. The van der Waals surface area contributed by atoms with Crippen molar-refractivity contribution < 1.29 is 14.3 Å². The third-order valence-electron chi connectivity index (χ3n) is 4.05. The fraction of sp³-hybridized carbons (Fsp3) is 0.273. The zero-order valence-corrected chi connectivity index (χ0v) is 15.5. The highest BCUT2D eigenvalue weighted by atomic mass is 16.5. The molecule has 0 aliphatic heterocycles. The molecule has 27 heavy (non-hydrogen) atoms. The number of carbonyl (C=O) groups is 2. The molecule has 5 nitrogen and oxygen atoms in total. The number of nitrogens with one attached hydrogen (secondary N) is 1. The zero-order chi connectivity index (χ0) is 19.5. The summed E-state index contributed by atoms with van der Waals surface area (Å²) in [6.45, 7) is 2.94. The van der Waals surface area contributed by atoms with Crippen molar-refractivity contribution in [1.29, 1.82) is 0 Å². The van der Waals surface area contributed by atoms with Gasteiger partial charge in [-0.3, -0.25) is 9.69 Å². The number of esters is 1. The molecular weight excluding hydrogens is 340 g/mol. The van der Waals surface area contributed by atoms with Crippen molar-refractivity contribution in [3.05, 3.63) is 71.3 Å². The summed E-state index contributed by atoms with van der Waals surface area (Å²) in [5, 5.41) is 3.06. The first-order valence-electron chi connectivity index (χ1n) is 8.83. The van der Waals surface area contributed by atoms with Crippen molar-refractivity contribution in [2.45, 2.75) is 0 Å². The van der Waals surface area contributed by atoms with E-state index in [2.05, 4.69) is 11.2 Å². The van der Waals surface area contributed by atoms with Crippen LogP contribution in [0.25, 0.3) is 0 Å². The Kier molecular flexibility index (Phi) is 8.24. The van der Waals surface area contributed by atoms with E-state index in [4.69, 9.17) is 11.2 Å². The molecule has 5 heteroatoms. The Hall–Kier alpha value is -2.94. The first-order valence-corrected chi connectivity index (χ1v) is 8.83. The number of carbonyl (C=O) groups excluding carboxylic acids is 2. The second kappa shape index (κ2) is 10.9. The summed E-state index contributed by atoms with van der Waals surface area (Å²) in [7, 11) is 1.88. The Morgan fingerprint density at radius 1 is 1.00 bits per heavy atom. The standard InChI is InChI=1S/C22H24N2O3/c1-3-14-24(15-13-23-2)16-17-27-22(26)20-11-9-19(10-12-20)21(25)18-7-5-4-6-8-18/h1,4-12,23H,13-17H2,2H3. The van der Waals surface area contributed by atoms with Crippen molar-refractivity contribution in [2.75, 3.05) is 39.8 Å². The number of hydrogen-bond acceptors (Lipinski definition) is 5. The van der Waals surface area contributed by atoms with Gasteiger partial charge in [0, 0.05) is 30.8 Å². The van der Waals surface area contributed by atoms with Gasteiger partial charge >= 0.3 is 5.97 Å². The van der Waals surface area contributed by atoms with Gasteiger partial charge in [-0.15, -0.1) is 6.42 Å². The Morgan fingerprint density at radius 3 is 2.26 bits per heavy atom. The highest BCUT2D eigenvalue weighted by Gasteiger charge is 2.12. The SMILES string of the molecule is C#CCN(CCNC)CCOC(=O)c1ccc(C(=O)c2ccccc2)cc1. The molecule has 0 saturated heterocycles. The minimum absolute atomic E-state index is 0.0787. The average Bonchev–Trinajstić information content (AvgIpc) is 2.72. The molecule has 0 unspecified atom stereocenters. The predicted molar refractivity (Wildman–Crippen MR) is 106 cm³/mol. The molecule has 140 valence electrons. The van der Waals surface area contributed by atoms with E-state index in [0.717, 1.165) is 13.1 Å². The van der Waals surface area contributed by atoms with Crippen LogP contribution in [0.15, 0.2) is 54.6 Å². The molecule has 0 bridgehead atoms. The molecule has 2 aromatic rings. The van der Waals surface area contributed by atoms with E-state index in [9.17, 15) is 9.59 Å². The van der Waals surface area contributed by atoms with Gasteiger partial charge in [0.1, 0.15) is 6.61 Å². The van der Waals surface area contributed by atoms with Crippen LogP contribution in [0, 0.1) is 12.3 Å². The van der Waals surface area contributed by atoms with Crippen LogP contribution in [0.1, 0.15) is 26.3 Å². The zero-order valence-electron chi connectivity index (χ0n) is 15.5. The van der Waals surface area contributed by atoms with Gasteiger partial charge in [-0.05, 0) is 19.2 Å². The molecule has 0 aliphatic rings. The van der Waals surface area contributed by atoms with Gasteiger partial charge in [0.05, 0.1) is 12.1 Å². The van der Waals surface area contributed by atoms with Crippen molar-refractivity contribution in [3.8, 4) is 12.3 Å². The van der Waals surface area contributed by atoms with E-state index in [-0.39, 0.29) is 12.4 Å². The highest BCUT2D eigenvalue weighted by molar-refractivity contribution is 6.09. The Balaban J connectivity index is 1.88. The monoisotopic (exact) mass is 364 g/mol. The molecule has 0 saturated carbocycles. The van der Waals surface area contributed by atoms with Gasteiger partial charge < -0.3 is 10.1 Å². The molecule has 0 spiro atoms. The van der Waals surface area contributed by atoms with E-state index in [1.807, 2.05) is 30.1 Å². The maximum Gasteiger partial charge on any atom is 0.338 e. The molecular formula is C22H24N2O3. The van der Waals surface area contributed by atoms with Crippen LogP contribution in [-0.4, -0.2) is 56.5 Å². The lowest BCUT2D eigenvalue weighted by atomic mass is 10.0. The second-order valence-electron chi connectivity index (χ2n) is 5.99. The number of terminal acetylenes is 1. The number of likely N-dealkylation sites (N-methyl/N-ethyl adjacent to an activating group) is 1. The molecule has 0 heterocycles. The van der Waals surface area contributed by atoms with Crippen molar-refractivity contribution in [2.24, 2.45) is 0 Å². The van der Waals surface area contributed by atoms with E-state index in [1.54, 1.807) is 36.4 Å². The largest absolute Gasteiger partial charge is 0.461 e. The Morgan fingerprint density at radius 2 is 1.63 bits per heavy atom.